The van der Waals surface area contributed by atoms with Crippen LogP contribution in [0.2, 0.25) is 0 Å². The molecule has 1 aromatic carbocycles. The minimum atomic E-state index is -0.904. The molecule has 0 amide bonds. The van der Waals surface area contributed by atoms with Crippen molar-refractivity contribution in [3.8, 4) is 0 Å². The van der Waals surface area contributed by atoms with E-state index in [9.17, 15) is 9.90 Å². The molecule has 2 saturated carbocycles. The van der Waals surface area contributed by atoms with Crippen molar-refractivity contribution < 1.29 is 19.4 Å². The molecule has 26 heavy (non-hydrogen) atoms. The molecule has 4 nitrogen and oxygen atoms in total. The van der Waals surface area contributed by atoms with E-state index in [2.05, 4.69) is 20.4 Å². The minimum Gasteiger partial charge on any atom is -0.435 e. The third-order valence-electron chi connectivity index (χ3n) is 6.95. The predicted octanol–water partition coefficient (Wildman–Crippen LogP) is 3.84. The zero-order valence-corrected chi connectivity index (χ0v) is 15.6. The number of hydrogen-bond donors (Lipinski definition) is 1. The van der Waals surface area contributed by atoms with Crippen LogP contribution in [0.3, 0.4) is 0 Å². The van der Waals surface area contributed by atoms with E-state index in [1.54, 1.807) is 0 Å². The molecule has 1 saturated heterocycles. The van der Waals surface area contributed by atoms with Crippen molar-refractivity contribution in [1.29, 1.82) is 0 Å². The van der Waals surface area contributed by atoms with Crippen LogP contribution in [-0.2, 0) is 20.9 Å². The minimum absolute atomic E-state index is 0.00841. The Hall–Kier alpha value is -1.65. The maximum atomic E-state index is 13.1. The van der Waals surface area contributed by atoms with Gasteiger partial charge in [0.25, 0.3) is 0 Å². The van der Waals surface area contributed by atoms with Crippen molar-refractivity contribution in [2.24, 2.45) is 22.7 Å². The van der Waals surface area contributed by atoms with Gasteiger partial charge in [0, 0.05) is 0 Å². The van der Waals surface area contributed by atoms with Crippen LogP contribution in [0.5, 0.6) is 0 Å². The Morgan fingerprint density at radius 2 is 2.00 bits per heavy atom. The SMILES string of the molecule is C=C1CC[C@H]2C(C)(C)CC[C@@H](O)C23C(=O)O[C@H](OCc2ccccc2)[C@@H]13. The maximum absolute atomic E-state index is 13.1. The van der Waals surface area contributed by atoms with E-state index in [0.29, 0.717) is 13.0 Å². The zero-order valence-electron chi connectivity index (χ0n) is 15.6. The lowest BCUT2D eigenvalue weighted by atomic mass is 9.46. The quantitative estimate of drug-likeness (QED) is 0.660. The lowest BCUT2D eigenvalue weighted by Gasteiger charge is -2.56. The second-order valence-electron chi connectivity index (χ2n) is 8.77. The standard InChI is InChI=1S/C22H28O4/c1-14-9-10-16-21(2,3)12-11-17(23)22(16)18(14)19(26-20(22)24)25-13-15-7-5-4-6-8-15/h4-8,16-19,23H,1,9-13H2,2-3H3/t16-,17+,18+,19-,22?/m0/s1. The molecule has 1 aromatic rings. The normalized spacial score (nSPS) is 38.4. The van der Waals surface area contributed by atoms with Gasteiger partial charge in [0.1, 0.15) is 5.41 Å². The summed E-state index contributed by atoms with van der Waals surface area (Å²) in [5, 5.41) is 11.0. The molecule has 0 aromatic heterocycles. The monoisotopic (exact) mass is 356 g/mol. The van der Waals surface area contributed by atoms with Crippen LogP contribution in [0.4, 0.5) is 0 Å². The number of ether oxygens (including phenoxy) is 2. The number of rotatable bonds is 3. The molecule has 4 heteroatoms. The average molecular weight is 356 g/mol. The predicted molar refractivity (Wildman–Crippen MR) is 97.9 cm³/mol. The molecule has 0 radical (unpaired) electrons. The first kappa shape index (κ1) is 17.7. The topological polar surface area (TPSA) is 55.8 Å². The number of aliphatic hydroxyl groups is 1. The number of cyclic esters (lactones) is 1. The Bertz CT molecular complexity index is 710. The number of carbonyl (C=O) groups is 1. The van der Waals surface area contributed by atoms with Crippen molar-refractivity contribution in [3.05, 3.63) is 48.0 Å². The summed E-state index contributed by atoms with van der Waals surface area (Å²) in [5.41, 5.74) is 1.10. The first-order valence-electron chi connectivity index (χ1n) is 9.59. The smallest absolute Gasteiger partial charge is 0.318 e. The fourth-order valence-corrected chi connectivity index (χ4v) is 5.66. The van der Waals surface area contributed by atoms with Crippen LogP contribution < -0.4 is 0 Å². The highest BCUT2D eigenvalue weighted by Crippen LogP contribution is 2.65. The van der Waals surface area contributed by atoms with E-state index < -0.39 is 17.8 Å². The van der Waals surface area contributed by atoms with E-state index in [-0.39, 0.29) is 23.2 Å². The number of esters is 1. The first-order valence-corrected chi connectivity index (χ1v) is 9.59. The van der Waals surface area contributed by atoms with E-state index in [1.807, 2.05) is 30.3 Å². The number of benzene rings is 1. The molecular formula is C22H28O4. The van der Waals surface area contributed by atoms with Crippen LogP contribution in [0.25, 0.3) is 0 Å². The summed E-state index contributed by atoms with van der Waals surface area (Å²) in [7, 11) is 0. The third kappa shape index (κ3) is 2.46. The summed E-state index contributed by atoms with van der Waals surface area (Å²) < 4.78 is 11.8. The highest BCUT2D eigenvalue weighted by molar-refractivity contribution is 5.82. The van der Waals surface area contributed by atoms with Crippen molar-refractivity contribution >= 4 is 5.97 Å². The molecule has 0 bridgehead atoms. The fraction of sp³-hybridized carbons (Fsp3) is 0.591. The molecule has 1 unspecified atom stereocenters. The van der Waals surface area contributed by atoms with E-state index >= 15 is 0 Å². The van der Waals surface area contributed by atoms with Gasteiger partial charge in [-0.15, -0.1) is 0 Å². The summed E-state index contributed by atoms with van der Waals surface area (Å²) in [6.07, 6.45) is 1.91. The number of carbonyl (C=O) groups excluding carboxylic acids is 1. The van der Waals surface area contributed by atoms with Crippen LogP contribution in [0.15, 0.2) is 42.5 Å². The van der Waals surface area contributed by atoms with Gasteiger partial charge in [0.2, 0.25) is 6.29 Å². The first-order chi connectivity index (χ1) is 12.4. The summed E-state index contributed by atoms with van der Waals surface area (Å²) in [4.78, 5) is 13.1. The lowest BCUT2D eigenvalue weighted by Crippen LogP contribution is -2.60. The molecule has 1 heterocycles. The van der Waals surface area contributed by atoms with E-state index in [4.69, 9.17) is 9.47 Å². The van der Waals surface area contributed by atoms with Gasteiger partial charge >= 0.3 is 5.97 Å². The summed E-state index contributed by atoms with van der Waals surface area (Å²) in [5.74, 6) is -0.481. The molecule has 3 fully saturated rings. The Morgan fingerprint density at radius 3 is 2.73 bits per heavy atom. The Morgan fingerprint density at radius 1 is 1.27 bits per heavy atom. The highest BCUT2D eigenvalue weighted by atomic mass is 16.7. The highest BCUT2D eigenvalue weighted by Gasteiger charge is 2.71. The molecule has 4 rings (SSSR count). The van der Waals surface area contributed by atoms with Crippen molar-refractivity contribution in [2.75, 3.05) is 0 Å². The van der Waals surface area contributed by atoms with Gasteiger partial charge in [0.05, 0.1) is 18.6 Å². The zero-order chi connectivity index (χ0) is 18.5. The molecular weight excluding hydrogens is 328 g/mol. The van der Waals surface area contributed by atoms with Gasteiger partial charge in [-0.1, -0.05) is 56.3 Å². The number of aliphatic hydroxyl groups excluding tert-OH is 1. The Balaban J connectivity index is 1.66. The summed E-state index contributed by atoms with van der Waals surface area (Å²) >= 11 is 0. The van der Waals surface area contributed by atoms with Gasteiger partial charge in [-0.05, 0) is 42.6 Å². The third-order valence-corrected chi connectivity index (χ3v) is 6.95. The van der Waals surface area contributed by atoms with Crippen molar-refractivity contribution in [2.45, 2.75) is 58.5 Å². The second-order valence-corrected chi connectivity index (χ2v) is 8.77. The Kier molecular flexibility index (Phi) is 4.24. The van der Waals surface area contributed by atoms with Gasteiger partial charge in [-0.25, -0.2) is 0 Å². The molecule has 2 aliphatic carbocycles. The van der Waals surface area contributed by atoms with Crippen LogP contribution in [0.1, 0.15) is 45.1 Å². The Labute approximate surface area is 155 Å². The van der Waals surface area contributed by atoms with Gasteiger partial charge < -0.3 is 14.6 Å². The molecule has 1 N–H and O–H groups in total. The summed E-state index contributed by atoms with van der Waals surface area (Å²) in [6.45, 7) is 9.04. The average Bonchev–Trinajstić information content (AvgIpc) is 2.92. The van der Waals surface area contributed by atoms with Gasteiger partial charge in [-0.3, -0.25) is 4.79 Å². The molecule has 140 valence electrons. The molecule has 1 spiro atoms. The lowest BCUT2D eigenvalue weighted by molar-refractivity contribution is -0.177. The van der Waals surface area contributed by atoms with Crippen molar-refractivity contribution in [1.82, 2.24) is 0 Å². The second kappa shape index (κ2) is 6.21. The van der Waals surface area contributed by atoms with Gasteiger partial charge in [-0.2, -0.15) is 0 Å². The van der Waals surface area contributed by atoms with Gasteiger partial charge in [0.15, 0.2) is 0 Å². The van der Waals surface area contributed by atoms with Crippen molar-refractivity contribution in [3.63, 3.8) is 0 Å². The molecule has 1 aliphatic heterocycles. The maximum Gasteiger partial charge on any atom is 0.318 e. The van der Waals surface area contributed by atoms with Crippen LogP contribution in [-0.4, -0.2) is 23.5 Å². The molecule has 5 atom stereocenters. The molecule has 3 aliphatic rings. The fourth-order valence-electron chi connectivity index (χ4n) is 5.66. The largest absolute Gasteiger partial charge is 0.435 e. The summed E-state index contributed by atoms with van der Waals surface area (Å²) in [6, 6.07) is 9.86. The van der Waals surface area contributed by atoms with Crippen LogP contribution >= 0.6 is 0 Å². The van der Waals surface area contributed by atoms with E-state index in [1.165, 1.54) is 0 Å². The number of hydrogen-bond acceptors (Lipinski definition) is 4. The van der Waals surface area contributed by atoms with E-state index in [0.717, 1.165) is 30.4 Å². The van der Waals surface area contributed by atoms with Crippen LogP contribution in [0, 0.1) is 22.7 Å².